The number of thiophene rings is 3. The Labute approximate surface area is 124 Å². The quantitative estimate of drug-likeness (QED) is 0.575. The standard InChI is InChI=1S/C16H7S3/c1-3-11-5-7-13(17-11)15-9-10-16(19-15)14-8-6-12(4-2)18-14/h1,5-10H. The Hall–Kier alpha value is -1.78. The minimum Gasteiger partial charge on any atom is -0.134 e. The third kappa shape index (κ3) is 2.37. The van der Waals surface area contributed by atoms with Crippen LogP contribution in [0, 0.1) is 24.7 Å². The molecule has 0 unspecified atom stereocenters. The van der Waals surface area contributed by atoms with Crippen LogP contribution >= 0.6 is 34.0 Å². The Balaban J connectivity index is 1.95. The Bertz CT molecular complexity index is 733. The third-order valence-electron chi connectivity index (χ3n) is 2.57. The molecule has 0 saturated heterocycles. The van der Waals surface area contributed by atoms with Crippen LogP contribution in [0.4, 0.5) is 0 Å². The molecule has 0 aromatic carbocycles. The van der Waals surface area contributed by atoms with Crippen molar-refractivity contribution in [2.45, 2.75) is 0 Å². The normalized spacial score (nSPS) is 10.0. The van der Waals surface area contributed by atoms with E-state index in [0.717, 1.165) is 9.75 Å². The number of hydrogen-bond donors (Lipinski definition) is 0. The molecule has 0 spiro atoms. The van der Waals surface area contributed by atoms with Crippen LogP contribution in [0.3, 0.4) is 0 Å². The van der Waals surface area contributed by atoms with Crippen LogP contribution in [0.1, 0.15) is 9.75 Å². The second kappa shape index (κ2) is 5.07. The van der Waals surface area contributed by atoms with Gasteiger partial charge in [-0.2, -0.15) is 0 Å². The number of rotatable bonds is 2. The summed E-state index contributed by atoms with van der Waals surface area (Å²) in [6, 6.07) is 12.3. The van der Waals surface area contributed by atoms with Crippen LogP contribution in [0.15, 0.2) is 36.4 Å². The topological polar surface area (TPSA) is 0 Å². The molecule has 3 heterocycles. The van der Waals surface area contributed by atoms with E-state index in [1.807, 2.05) is 18.2 Å². The molecule has 0 aliphatic rings. The van der Waals surface area contributed by atoms with Gasteiger partial charge in [-0.25, -0.2) is 0 Å². The molecule has 3 aromatic rings. The predicted molar refractivity (Wildman–Crippen MR) is 85.1 cm³/mol. The summed E-state index contributed by atoms with van der Waals surface area (Å²) in [7, 11) is 0. The minimum absolute atomic E-state index is 0.857. The van der Waals surface area contributed by atoms with E-state index >= 15 is 0 Å². The van der Waals surface area contributed by atoms with Crippen molar-refractivity contribution in [3.8, 4) is 37.8 Å². The Morgan fingerprint density at radius 2 is 1.21 bits per heavy atom. The molecule has 3 rings (SSSR count). The molecule has 0 nitrogen and oxygen atoms in total. The van der Waals surface area contributed by atoms with Gasteiger partial charge in [0.2, 0.25) is 0 Å². The van der Waals surface area contributed by atoms with Crippen molar-refractivity contribution < 1.29 is 0 Å². The largest absolute Gasteiger partial charge is 0.134 e. The first-order valence-corrected chi connectivity index (χ1v) is 7.94. The summed E-state index contributed by atoms with van der Waals surface area (Å²) in [5.41, 5.74) is 0. The lowest BCUT2D eigenvalue weighted by Crippen LogP contribution is -1.57. The van der Waals surface area contributed by atoms with E-state index in [4.69, 9.17) is 12.8 Å². The van der Waals surface area contributed by atoms with Crippen molar-refractivity contribution in [2.75, 3.05) is 0 Å². The fourth-order valence-corrected chi connectivity index (χ4v) is 4.50. The summed E-state index contributed by atoms with van der Waals surface area (Å²) < 4.78 is 0. The van der Waals surface area contributed by atoms with Gasteiger partial charge >= 0.3 is 0 Å². The van der Waals surface area contributed by atoms with Gasteiger partial charge in [-0.05, 0) is 48.7 Å². The fraction of sp³-hybridized carbons (Fsp3) is 0. The first kappa shape index (κ1) is 12.3. The van der Waals surface area contributed by atoms with Gasteiger partial charge in [0.05, 0.1) is 9.75 Å². The lowest BCUT2D eigenvalue weighted by atomic mass is 10.3. The maximum atomic E-state index is 7.13. The smallest absolute Gasteiger partial charge is 0.0785 e. The first-order chi connectivity index (χ1) is 9.30. The molecular weight excluding hydrogens is 288 g/mol. The second-order valence-electron chi connectivity index (χ2n) is 3.76. The highest BCUT2D eigenvalue weighted by Crippen LogP contribution is 2.39. The summed E-state index contributed by atoms with van der Waals surface area (Å²) in [6.07, 6.45) is 12.5. The Morgan fingerprint density at radius 1 is 0.737 bits per heavy atom. The van der Waals surface area contributed by atoms with Crippen LogP contribution in [0.5, 0.6) is 0 Å². The zero-order valence-corrected chi connectivity index (χ0v) is 12.2. The highest BCUT2D eigenvalue weighted by Gasteiger charge is 2.08. The van der Waals surface area contributed by atoms with E-state index in [-0.39, 0.29) is 0 Å². The van der Waals surface area contributed by atoms with E-state index in [0.29, 0.717) is 0 Å². The van der Waals surface area contributed by atoms with Crippen LogP contribution in [0.2, 0.25) is 0 Å². The number of terminal acetylenes is 1. The average molecular weight is 295 g/mol. The molecular formula is C16H7S3. The van der Waals surface area contributed by atoms with Crippen molar-refractivity contribution in [2.24, 2.45) is 0 Å². The van der Waals surface area contributed by atoms with Crippen molar-refractivity contribution in [1.29, 1.82) is 0 Å². The highest BCUT2D eigenvalue weighted by molar-refractivity contribution is 7.26. The second-order valence-corrected chi connectivity index (χ2v) is 7.01. The molecule has 0 atom stereocenters. The summed E-state index contributed by atoms with van der Waals surface area (Å²) in [5, 5.41) is 0. The minimum atomic E-state index is 0.857. The number of hydrogen-bond acceptors (Lipinski definition) is 3. The monoisotopic (exact) mass is 295 g/mol. The van der Waals surface area contributed by atoms with Crippen molar-refractivity contribution in [3.05, 3.63) is 52.6 Å². The Morgan fingerprint density at radius 3 is 1.68 bits per heavy atom. The molecule has 3 aromatic heterocycles. The summed E-state index contributed by atoms with van der Waals surface area (Å²) in [4.78, 5) is 6.66. The molecule has 1 radical (unpaired) electrons. The molecule has 0 aliphatic heterocycles. The van der Waals surface area contributed by atoms with E-state index in [1.54, 1.807) is 34.0 Å². The predicted octanol–water partition coefficient (Wildman–Crippen LogP) is 5.12. The zero-order chi connectivity index (χ0) is 13.2. The van der Waals surface area contributed by atoms with Gasteiger partial charge < -0.3 is 0 Å². The summed E-state index contributed by atoms with van der Waals surface area (Å²) >= 11 is 4.98. The summed E-state index contributed by atoms with van der Waals surface area (Å²) in [6.45, 7) is 0. The van der Waals surface area contributed by atoms with Gasteiger partial charge in [0.1, 0.15) is 0 Å². The van der Waals surface area contributed by atoms with Crippen molar-refractivity contribution >= 4 is 34.0 Å². The average Bonchev–Trinajstić information content (AvgIpc) is 3.16. The van der Waals surface area contributed by atoms with Crippen LogP contribution in [-0.2, 0) is 0 Å². The van der Waals surface area contributed by atoms with E-state index < -0.39 is 0 Å². The van der Waals surface area contributed by atoms with E-state index in [9.17, 15) is 0 Å². The zero-order valence-electron chi connectivity index (χ0n) is 9.77. The van der Waals surface area contributed by atoms with Gasteiger partial charge in [-0.1, -0.05) is 5.92 Å². The molecule has 0 bridgehead atoms. The van der Waals surface area contributed by atoms with Gasteiger partial charge in [-0.15, -0.1) is 40.4 Å². The van der Waals surface area contributed by atoms with E-state index in [1.165, 1.54) is 19.5 Å². The molecule has 0 N–H and O–H groups in total. The maximum absolute atomic E-state index is 7.13. The lowest BCUT2D eigenvalue weighted by molar-refractivity contribution is 1.89. The van der Waals surface area contributed by atoms with Gasteiger partial charge in [0.15, 0.2) is 0 Å². The molecule has 3 heteroatoms. The van der Waals surface area contributed by atoms with Crippen LogP contribution in [0.25, 0.3) is 19.5 Å². The van der Waals surface area contributed by atoms with Crippen molar-refractivity contribution in [1.82, 2.24) is 0 Å². The molecule has 19 heavy (non-hydrogen) atoms. The third-order valence-corrected chi connectivity index (χ3v) is 6.06. The Kier molecular flexibility index (Phi) is 3.27. The maximum Gasteiger partial charge on any atom is 0.0785 e. The molecule has 89 valence electrons. The summed E-state index contributed by atoms with van der Waals surface area (Å²) in [5.74, 6) is 5.08. The van der Waals surface area contributed by atoms with Crippen molar-refractivity contribution in [3.63, 3.8) is 0 Å². The van der Waals surface area contributed by atoms with Gasteiger partial charge in [0, 0.05) is 19.5 Å². The van der Waals surface area contributed by atoms with Crippen LogP contribution in [-0.4, -0.2) is 0 Å². The SMILES string of the molecule is [C]#Cc1ccc(-c2ccc(-c3ccc(C#C)s3)s2)s1. The molecule has 0 fully saturated rings. The molecule has 0 amide bonds. The van der Waals surface area contributed by atoms with Gasteiger partial charge in [0.25, 0.3) is 0 Å². The van der Waals surface area contributed by atoms with E-state index in [2.05, 4.69) is 30.0 Å². The highest BCUT2D eigenvalue weighted by atomic mass is 32.1. The molecule has 0 aliphatic carbocycles. The fourth-order valence-electron chi connectivity index (χ4n) is 1.69. The first-order valence-electron chi connectivity index (χ1n) is 5.50. The molecule has 0 saturated carbocycles. The van der Waals surface area contributed by atoms with Crippen LogP contribution < -0.4 is 0 Å². The van der Waals surface area contributed by atoms with Gasteiger partial charge in [-0.3, -0.25) is 0 Å². The lowest BCUT2D eigenvalue weighted by Gasteiger charge is -1.90.